The summed E-state index contributed by atoms with van der Waals surface area (Å²) in [5.74, 6) is -2.46. The van der Waals surface area contributed by atoms with Gasteiger partial charge in [-0.25, -0.2) is 14.4 Å². The lowest BCUT2D eigenvalue weighted by atomic mass is 9.88. The molecule has 2 atom stereocenters. The summed E-state index contributed by atoms with van der Waals surface area (Å²) in [6, 6.07) is 3.96. The molecule has 0 spiro atoms. The molecule has 1 saturated carbocycles. The fraction of sp³-hybridized carbons (Fsp3) is 0.455. The minimum atomic E-state index is -4.92. The number of carbonyl (C=O) groups excluding carboxylic acids is 2. The van der Waals surface area contributed by atoms with E-state index in [1.807, 2.05) is 0 Å². The van der Waals surface area contributed by atoms with Gasteiger partial charge in [0.15, 0.2) is 5.54 Å². The number of amides is 2. The van der Waals surface area contributed by atoms with Crippen LogP contribution in [0.3, 0.4) is 0 Å². The first-order chi connectivity index (χ1) is 16.0. The molecule has 1 aromatic carbocycles. The summed E-state index contributed by atoms with van der Waals surface area (Å²) in [7, 11) is 0. The van der Waals surface area contributed by atoms with Crippen LogP contribution in [0, 0.1) is 0 Å². The maximum Gasteiger partial charge on any atom is 0.573 e. The molecular formula is C22H23ClF4N4O3. The van der Waals surface area contributed by atoms with Gasteiger partial charge in [-0.1, -0.05) is 30.9 Å². The average Bonchev–Trinajstić information content (AvgIpc) is 2.80. The molecule has 12 heteroatoms. The molecule has 0 radical (unpaired) electrons. The van der Waals surface area contributed by atoms with Gasteiger partial charge in [-0.15, -0.1) is 13.2 Å². The van der Waals surface area contributed by atoms with Gasteiger partial charge in [0.1, 0.15) is 12.1 Å². The number of hydrogen-bond acceptors (Lipinski definition) is 5. The van der Waals surface area contributed by atoms with Crippen molar-refractivity contribution < 1.29 is 31.9 Å². The predicted molar refractivity (Wildman–Crippen MR) is 116 cm³/mol. The van der Waals surface area contributed by atoms with E-state index in [1.165, 1.54) is 25.6 Å². The molecule has 184 valence electrons. The van der Waals surface area contributed by atoms with Crippen molar-refractivity contribution in [3.8, 4) is 5.75 Å². The van der Waals surface area contributed by atoms with E-state index in [2.05, 4.69) is 20.0 Å². The lowest BCUT2D eigenvalue weighted by Crippen LogP contribution is -2.60. The van der Waals surface area contributed by atoms with Gasteiger partial charge in [-0.2, -0.15) is 0 Å². The number of rotatable bonds is 7. The Morgan fingerprint density at radius 3 is 2.24 bits per heavy atom. The molecule has 1 N–H and O–H groups in total. The molecule has 1 aliphatic carbocycles. The summed E-state index contributed by atoms with van der Waals surface area (Å²) in [5, 5.41) is 2.92. The van der Waals surface area contributed by atoms with Crippen molar-refractivity contribution in [2.24, 2.45) is 0 Å². The third-order valence-corrected chi connectivity index (χ3v) is 5.87. The first-order valence-corrected chi connectivity index (χ1v) is 11.0. The highest BCUT2D eigenvalue weighted by atomic mass is 35.5. The molecule has 1 fully saturated rings. The number of aromatic nitrogens is 2. The van der Waals surface area contributed by atoms with Crippen LogP contribution in [0.2, 0.25) is 0 Å². The number of anilines is 1. The van der Waals surface area contributed by atoms with Gasteiger partial charge in [-0.05, 0) is 44.0 Å². The normalized spacial score (nSPS) is 17.4. The molecule has 7 nitrogen and oxygen atoms in total. The van der Waals surface area contributed by atoms with Crippen LogP contribution in [0.5, 0.6) is 5.75 Å². The summed E-state index contributed by atoms with van der Waals surface area (Å²) in [6.07, 6.45) is 3.28. The van der Waals surface area contributed by atoms with Crippen molar-refractivity contribution in [3.63, 3.8) is 0 Å². The largest absolute Gasteiger partial charge is 0.573 e. The van der Waals surface area contributed by atoms with Crippen LogP contribution in [-0.2, 0) is 15.1 Å². The highest BCUT2D eigenvalue weighted by Crippen LogP contribution is 2.36. The first kappa shape index (κ1) is 25.7. The molecule has 34 heavy (non-hydrogen) atoms. The minimum absolute atomic E-state index is 0.0760. The molecule has 2 aromatic rings. The maximum absolute atomic E-state index is 14.1. The summed E-state index contributed by atoms with van der Waals surface area (Å²) in [5.41, 5.74) is -4.32. The van der Waals surface area contributed by atoms with Gasteiger partial charge in [0, 0.05) is 29.7 Å². The molecule has 0 bridgehead atoms. The van der Waals surface area contributed by atoms with E-state index in [-0.39, 0.29) is 17.3 Å². The van der Waals surface area contributed by atoms with Gasteiger partial charge in [0.05, 0.1) is 0 Å². The standard InChI is InChI=1S/C22H23ClF4N4O3/c1-21(14-11-28-13-29-12-14,20(33)30-15-5-3-2-4-6-15)31(19(32)18(23)24)16-7-9-17(10-8-16)34-22(25,26)27/h7-13,15,18H,2-6H2,1H3,(H,30,33). The molecule has 2 amide bonds. The summed E-state index contributed by atoms with van der Waals surface area (Å²) < 4.78 is 55.7. The summed E-state index contributed by atoms with van der Waals surface area (Å²) in [4.78, 5) is 35.2. The van der Waals surface area contributed by atoms with Crippen LogP contribution in [0.15, 0.2) is 43.0 Å². The van der Waals surface area contributed by atoms with Crippen molar-refractivity contribution in [3.05, 3.63) is 48.5 Å². The Morgan fingerprint density at radius 2 is 1.71 bits per heavy atom. The van der Waals surface area contributed by atoms with Gasteiger partial charge < -0.3 is 10.1 Å². The van der Waals surface area contributed by atoms with Crippen LogP contribution < -0.4 is 15.0 Å². The lowest BCUT2D eigenvalue weighted by Gasteiger charge is -2.41. The summed E-state index contributed by atoms with van der Waals surface area (Å²) >= 11 is 5.49. The molecule has 1 aromatic heterocycles. The lowest BCUT2D eigenvalue weighted by molar-refractivity contribution is -0.274. The van der Waals surface area contributed by atoms with E-state index in [1.54, 1.807) is 0 Å². The number of benzene rings is 1. The fourth-order valence-electron chi connectivity index (χ4n) is 3.99. The predicted octanol–water partition coefficient (Wildman–Crippen LogP) is 4.61. The molecular weight excluding hydrogens is 480 g/mol. The topological polar surface area (TPSA) is 84.4 Å². The maximum atomic E-state index is 14.1. The third kappa shape index (κ3) is 5.94. The first-order valence-electron chi connectivity index (χ1n) is 10.6. The van der Waals surface area contributed by atoms with Gasteiger partial charge in [-0.3, -0.25) is 14.5 Å². The Balaban J connectivity index is 2.07. The molecule has 3 rings (SSSR count). The van der Waals surface area contributed by atoms with Gasteiger partial charge >= 0.3 is 6.36 Å². The Labute approximate surface area is 198 Å². The summed E-state index contributed by atoms with van der Waals surface area (Å²) in [6.45, 7) is 1.38. The zero-order valence-corrected chi connectivity index (χ0v) is 18.9. The highest BCUT2D eigenvalue weighted by molar-refractivity contribution is 6.32. The second-order valence-electron chi connectivity index (χ2n) is 8.02. The zero-order chi connectivity index (χ0) is 24.9. The quantitative estimate of drug-likeness (QED) is 0.441. The number of hydrogen-bond donors (Lipinski definition) is 1. The second-order valence-corrected chi connectivity index (χ2v) is 8.41. The van der Waals surface area contributed by atoms with Crippen molar-refractivity contribution in [1.82, 2.24) is 15.3 Å². The molecule has 0 aliphatic heterocycles. The van der Waals surface area contributed by atoms with Crippen molar-refractivity contribution in [1.29, 1.82) is 0 Å². The van der Waals surface area contributed by atoms with Crippen LogP contribution >= 0.6 is 11.6 Å². The monoisotopic (exact) mass is 502 g/mol. The molecule has 2 unspecified atom stereocenters. The van der Waals surface area contributed by atoms with E-state index in [0.29, 0.717) is 0 Å². The number of ether oxygens (including phenoxy) is 1. The average molecular weight is 503 g/mol. The fourth-order valence-corrected chi connectivity index (χ4v) is 4.08. The van der Waals surface area contributed by atoms with Crippen molar-refractivity contribution >= 4 is 29.1 Å². The molecule has 1 aliphatic rings. The second kappa shape index (κ2) is 10.5. The van der Waals surface area contributed by atoms with Gasteiger partial charge in [0.25, 0.3) is 17.4 Å². The Kier molecular flexibility index (Phi) is 7.96. The SMILES string of the molecule is CC(C(=O)NC1CCCCC1)(c1cncnc1)N(C(=O)C(F)Cl)c1ccc(OC(F)(F)F)cc1. The van der Waals surface area contributed by atoms with E-state index >= 15 is 0 Å². The number of nitrogens with one attached hydrogen (secondary N) is 1. The van der Waals surface area contributed by atoms with Crippen LogP contribution in [0.1, 0.15) is 44.6 Å². The van der Waals surface area contributed by atoms with Crippen molar-refractivity contribution in [2.45, 2.75) is 62.6 Å². The smallest absolute Gasteiger partial charge is 0.406 e. The number of alkyl halides is 5. The van der Waals surface area contributed by atoms with E-state index in [4.69, 9.17) is 11.6 Å². The van der Waals surface area contributed by atoms with Crippen molar-refractivity contribution in [2.75, 3.05) is 4.90 Å². The van der Waals surface area contributed by atoms with Crippen LogP contribution in [0.25, 0.3) is 0 Å². The Morgan fingerprint density at radius 1 is 1.12 bits per heavy atom. The van der Waals surface area contributed by atoms with E-state index in [9.17, 15) is 27.2 Å². The molecule has 0 saturated heterocycles. The van der Waals surface area contributed by atoms with Gasteiger partial charge in [0.2, 0.25) is 0 Å². The number of nitrogens with zero attached hydrogens (tertiary/aromatic N) is 3. The van der Waals surface area contributed by atoms with E-state index < -0.39 is 35.1 Å². The van der Waals surface area contributed by atoms with Crippen LogP contribution in [0.4, 0.5) is 23.2 Å². The highest BCUT2D eigenvalue weighted by Gasteiger charge is 2.47. The third-order valence-electron chi connectivity index (χ3n) is 5.69. The van der Waals surface area contributed by atoms with E-state index in [0.717, 1.165) is 61.3 Å². The minimum Gasteiger partial charge on any atom is -0.406 e. The number of halogens is 5. The Bertz CT molecular complexity index is 986. The van der Waals surface area contributed by atoms with Crippen LogP contribution in [-0.4, -0.2) is 39.8 Å². The Hall–Kier alpha value is -2.95. The molecule has 1 heterocycles. The number of carbonyl (C=O) groups is 2. The zero-order valence-electron chi connectivity index (χ0n) is 18.2.